The van der Waals surface area contributed by atoms with Crippen LogP contribution in [0, 0.1) is 0 Å². The van der Waals surface area contributed by atoms with E-state index >= 15 is 0 Å². The minimum Gasteiger partial charge on any atom is -0.507 e. The molecule has 10 heteroatoms. The maximum absolute atomic E-state index is 10.3. The third-order valence-electron chi connectivity index (χ3n) is 3.40. The Bertz CT molecular complexity index is 903. The van der Waals surface area contributed by atoms with Crippen molar-refractivity contribution in [3.05, 3.63) is 89.5 Å². The van der Waals surface area contributed by atoms with Crippen molar-refractivity contribution in [2.45, 2.75) is 0 Å². The lowest BCUT2D eigenvalue weighted by atomic mass is 10.2. The fourth-order valence-corrected chi connectivity index (χ4v) is 1.96. The van der Waals surface area contributed by atoms with E-state index in [4.69, 9.17) is 30.6 Å². The maximum atomic E-state index is 10.3. The van der Waals surface area contributed by atoms with Crippen molar-refractivity contribution in [3.63, 3.8) is 0 Å². The second kappa shape index (κ2) is 13.5. The van der Waals surface area contributed by atoms with Crippen LogP contribution in [0.5, 0.6) is 17.2 Å². The quantitative estimate of drug-likeness (QED) is 0.336. The van der Waals surface area contributed by atoms with Crippen molar-refractivity contribution >= 4 is 41.0 Å². The summed E-state index contributed by atoms with van der Waals surface area (Å²) in [6.07, 6.45) is 0. The largest absolute Gasteiger partial charge is 0.507 e. The zero-order valence-electron chi connectivity index (χ0n) is 16.0. The number of carboxylic acid groups (broad SMARTS) is 3. The Morgan fingerprint density at radius 3 is 0.774 bits per heavy atom. The van der Waals surface area contributed by atoms with Crippen LogP contribution in [0.25, 0.3) is 0 Å². The number of phenols is 3. The number of para-hydroxylation sites is 3. The molecule has 6 N–H and O–H groups in total. The van der Waals surface area contributed by atoms with Crippen LogP contribution in [0.2, 0.25) is 0 Å². The molecule has 31 heavy (non-hydrogen) atoms. The molecule has 0 aliphatic rings. The number of hydrogen-bond donors (Lipinski definition) is 6. The van der Waals surface area contributed by atoms with E-state index in [1.807, 2.05) is 0 Å². The molecule has 0 atom stereocenters. The summed E-state index contributed by atoms with van der Waals surface area (Å²) in [5, 5.41) is 51.9. The van der Waals surface area contributed by atoms with Gasteiger partial charge in [0.05, 0.1) is 0 Å². The van der Waals surface area contributed by atoms with Crippen LogP contribution in [-0.4, -0.2) is 71.6 Å². The Labute approximate surface area is 192 Å². The average molecular weight is 439 g/mol. The van der Waals surface area contributed by atoms with Crippen molar-refractivity contribution in [1.29, 1.82) is 0 Å². The van der Waals surface area contributed by atoms with E-state index in [9.17, 15) is 14.4 Å². The number of benzene rings is 3. The number of hydrogen-bond acceptors (Lipinski definition) is 6. The molecular weight excluding hydrogens is 421 g/mol. The highest BCUT2D eigenvalue weighted by Gasteiger charge is 2.07. The van der Waals surface area contributed by atoms with Crippen molar-refractivity contribution in [2.24, 2.45) is 0 Å². The van der Waals surface area contributed by atoms with Gasteiger partial charge in [-0.15, -0.1) is 0 Å². The SMILES string of the molecule is O=C(O)c1ccccc1O.O=C(O)c1ccccc1O.O=C(O)c1ccccc1O.[Mg]. The molecule has 0 amide bonds. The van der Waals surface area contributed by atoms with Crippen molar-refractivity contribution in [2.75, 3.05) is 0 Å². The molecule has 0 aromatic heterocycles. The zero-order valence-corrected chi connectivity index (χ0v) is 17.5. The zero-order chi connectivity index (χ0) is 22.7. The van der Waals surface area contributed by atoms with Gasteiger partial charge in [-0.05, 0) is 36.4 Å². The van der Waals surface area contributed by atoms with Crippen LogP contribution in [-0.2, 0) is 0 Å². The molecule has 3 aromatic carbocycles. The first-order valence-corrected chi connectivity index (χ1v) is 8.19. The molecule has 0 fully saturated rings. The Hall–Kier alpha value is -3.76. The van der Waals surface area contributed by atoms with Crippen LogP contribution < -0.4 is 0 Å². The second-order valence-electron chi connectivity index (χ2n) is 5.47. The van der Waals surface area contributed by atoms with Gasteiger partial charge in [0, 0.05) is 23.1 Å². The molecule has 158 valence electrons. The van der Waals surface area contributed by atoms with Gasteiger partial charge in [-0.25, -0.2) is 14.4 Å². The van der Waals surface area contributed by atoms with Crippen LogP contribution in [0.15, 0.2) is 72.8 Å². The summed E-state index contributed by atoms with van der Waals surface area (Å²) in [6, 6.07) is 17.4. The van der Waals surface area contributed by atoms with E-state index in [1.165, 1.54) is 36.4 Å². The molecule has 0 spiro atoms. The van der Waals surface area contributed by atoms with Crippen molar-refractivity contribution in [1.82, 2.24) is 0 Å². The Morgan fingerprint density at radius 1 is 0.452 bits per heavy atom. The van der Waals surface area contributed by atoms with E-state index in [2.05, 4.69) is 0 Å². The lowest BCUT2D eigenvalue weighted by Crippen LogP contribution is -1.95. The van der Waals surface area contributed by atoms with Crippen LogP contribution in [0.1, 0.15) is 31.1 Å². The standard InChI is InChI=1S/3C7H6O3.Mg/c3*8-6-4-2-1-3-5(6)7(9)10;/h3*1-4,8H,(H,9,10);. The minimum atomic E-state index is -1.11. The molecular formula is C21H18MgO9. The van der Waals surface area contributed by atoms with Gasteiger partial charge in [0.2, 0.25) is 0 Å². The van der Waals surface area contributed by atoms with Crippen LogP contribution in [0.4, 0.5) is 0 Å². The van der Waals surface area contributed by atoms with Crippen molar-refractivity contribution in [3.8, 4) is 17.2 Å². The highest BCUT2D eigenvalue weighted by Crippen LogP contribution is 2.15. The molecule has 0 heterocycles. The highest BCUT2D eigenvalue weighted by molar-refractivity contribution is 5.91. The summed E-state index contributed by atoms with van der Waals surface area (Å²) < 4.78 is 0. The van der Waals surface area contributed by atoms with Gasteiger partial charge in [0.1, 0.15) is 33.9 Å². The fraction of sp³-hybridized carbons (Fsp3) is 0. The van der Waals surface area contributed by atoms with E-state index in [0.29, 0.717) is 0 Å². The molecule has 9 nitrogen and oxygen atoms in total. The van der Waals surface area contributed by atoms with Gasteiger partial charge >= 0.3 is 17.9 Å². The maximum Gasteiger partial charge on any atom is 0.339 e. The minimum absolute atomic E-state index is 0. The first-order chi connectivity index (χ1) is 14.1. The first kappa shape index (κ1) is 27.2. The highest BCUT2D eigenvalue weighted by atomic mass is 24.3. The summed E-state index contributed by atoms with van der Waals surface area (Å²) in [5.74, 6) is -3.94. The lowest BCUT2D eigenvalue weighted by molar-refractivity contribution is 0.0682. The van der Waals surface area contributed by atoms with Gasteiger partial charge in [0.25, 0.3) is 0 Å². The van der Waals surface area contributed by atoms with Crippen LogP contribution >= 0.6 is 0 Å². The third-order valence-corrected chi connectivity index (χ3v) is 3.40. The first-order valence-electron chi connectivity index (χ1n) is 8.19. The summed E-state index contributed by atoms with van der Waals surface area (Å²) in [4.78, 5) is 30.8. The third kappa shape index (κ3) is 9.06. The monoisotopic (exact) mass is 438 g/mol. The normalized spacial score (nSPS) is 8.90. The Morgan fingerprint density at radius 2 is 0.645 bits per heavy atom. The summed E-state index contributed by atoms with van der Waals surface area (Å²) >= 11 is 0. The van der Waals surface area contributed by atoms with Gasteiger partial charge < -0.3 is 30.6 Å². The molecule has 0 bridgehead atoms. The number of carbonyl (C=O) groups is 3. The van der Waals surface area contributed by atoms with Crippen molar-refractivity contribution < 1.29 is 45.0 Å². The van der Waals surface area contributed by atoms with E-state index in [1.54, 1.807) is 36.4 Å². The summed E-state index contributed by atoms with van der Waals surface area (Å²) in [5.41, 5.74) is -0.201. The number of rotatable bonds is 3. The van der Waals surface area contributed by atoms with Crippen LogP contribution in [0.3, 0.4) is 0 Å². The van der Waals surface area contributed by atoms with Gasteiger partial charge in [0.15, 0.2) is 0 Å². The molecule has 0 aliphatic carbocycles. The topological polar surface area (TPSA) is 173 Å². The van der Waals surface area contributed by atoms with Gasteiger partial charge in [-0.2, -0.15) is 0 Å². The second-order valence-corrected chi connectivity index (χ2v) is 5.47. The predicted molar refractivity (Wildman–Crippen MR) is 111 cm³/mol. The molecule has 2 radical (unpaired) electrons. The van der Waals surface area contributed by atoms with E-state index < -0.39 is 17.9 Å². The molecule has 0 saturated carbocycles. The van der Waals surface area contributed by atoms with E-state index in [-0.39, 0.29) is 57.0 Å². The van der Waals surface area contributed by atoms with Gasteiger partial charge in [-0.3, -0.25) is 0 Å². The average Bonchev–Trinajstić information content (AvgIpc) is 2.69. The number of aromatic carboxylic acids is 3. The lowest BCUT2D eigenvalue weighted by Gasteiger charge is -1.95. The molecule has 3 aromatic rings. The smallest absolute Gasteiger partial charge is 0.339 e. The Balaban J connectivity index is 0.000000429. The number of aromatic hydroxyl groups is 3. The number of carboxylic acids is 3. The molecule has 0 unspecified atom stereocenters. The molecule has 0 saturated heterocycles. The Kier molecular flexibility index (Phi) is 11.8. The van der Waals surface area contributed by atoms with E-state index in [0.717, 1.165) is 0 Å². The van der Waals surface area contributed by atoms with Gasteiger partial charge in [-0.1, -0.05) is 36.4 Å². The molecule has 0 aliphatic heterocycles. The predicted octanol–water partition coefficient (Wildman–Crippen LogP) is 2.89. The summed E-state index contributed by atoms with van der Waals surface area (Å²) in [6.45, 7) is 0. The molecule has 3 rings (SSSR count). The fourth-order valence-electron chi connectivity index (χ4n) is 1.96. The summed E-state index contributed by atoms with van der Waals surface area (Å²) in [7, 11) is 0.